The number of rotatable bonds is 3. The highest BCUT2D eigenvalue weighted by Gasteiger charge is 2.10. The van der Waals surface area contributed by atoms with Gasteiger partial charge in [0.15, 0.2) is 11.5 Å². The second-order valence-corrected chi connectivity index (χ2v) is 5.22. The van der Waals surface area contributed by atoms with Gasteiger partial charge in [-0.1, -0.05) is 18.2 Å². The summed E-state index contributed by atoms with van der Waals surface area (Å²) in [6, 6.07) is 16.6. The van der Waals surface area contributed by atoms with Crippen molar-refractivity contribution in [3.8, 4) is 11.4 Å². The summed E-state index contributed by atoms with van der Waals surface area (Å²) in [6.07, 6.45) is 5.09. The standard InChI is InChI=1S/C18H13N5O/c24-18(13-7-9-19-10-8-13)20-15-5-3-4-14(12-15)17-22-21-16-6-1-2-11-23(16)17/h1-12H,(H,20,24). The summed E-state index contributed by atoms with van der Waals surface area (Å²) in [6.45, 7) is 0. The maximum absolute atomic E-state index is 12.3. The third kappa shape index (κ3) is 2.61. The number of aromatic nitrogens is 4. The zero-order valence-electron chi connectivity index (χ0n) is 12.6. The van der Waals surface area contributed by atoms with Crippen molar-refractivity contribution in [1.29, 1.82) is 0 Å². The molecule has 4 rings (SSSR count). The van der Waals surface area contributed by atoms with Crippen LogP contribution in [-0.4, -0.2) is 25.5 Å². The van der Waals surface area contributed by atoms with E-state index in [9.17, 15) is 4.79 Å². The number of hydrogen-bond donors (Lipinski definition) is 1. The van der Waals surface area contributed by atoms with Gasteiger partial charge < -0.3 is 5.32 Å². The van der Waals surface area contributed by atoms with E-state index in [1.807, 2.05) is 53.1 Å². The third-order valence-corrected chi connectivity index (χ3v) is 3.63. The maximum Gasteiger partial charge on any atom is 0.255 e. The van der Waals surface area contributed by atoms with Crippen molar-refractivity contribution in [2.45, 2.75) is 0 Å². The van der Waals surface area contributed by atoms with E-state index >= 15 is 0 Å². The molecule has 0 saturated carbocycles. The first-order chi connectivity index (χ1) is 11.8. The SMILES string of the molecule is O=C(Nc1cccc(-c2nnc3ccccn23)c1)c1ccncc1. The van der Waals surface area contributed by atoms with Crippen molar-refractivity contribution in [3.63, 3.8) is 0 Å². The molecular formula is C18H13N5O. The first kappa shape index (κ1) is 14.1. The minimum Gasteiger partial charge on any atom is -0.322 e. The lowest BCUT2D eigenvalue weighted by Gasteiger charge is -2.07. The number of hydrogen-bond acceptors (Lipinski definition) is 4. The maximum atomic E-state index is 12.3. The van der Waals surface area contributed by atoms with Crippen LogP contribution in [0.15, 0.2) is 73.2 Å². The average molecular weight is 315 g/mol. The molecule has 3 aromatic heterocycles. The normalized spacial score (nSPS) is 10.7. The van der Waals surface area contributed by atoms with Crippen molar-refractivity contribution in [2.75, 3.05) is 5.32 Å². The molecule has 1 aromatic carbocycles. The Kier molecular flexibility index (Phi) is 3.47. The van der Waals surface area contributed by atoms with E-state index in [1.165, 1.54) is 0 Å². The van der Waals surface area contributed by atoms with Gasteiger partial charge in [0.25, 0.3) is 5.91 Å². The van der Waals surface area contributed by atoms with E-state index < -0.39 is 0 Å². The van der Waals surface area contributed by atoms with Crippen molar-refractivity contribution in [1.82, 2.24) is 19.6 Å². The monoisotopic (exact) mass is 315 g/mol. The summed E-state index contributed by atoms with van der Waals surface area (Å²) in [4.78, 5) is 16.2. The number of anilines is 1. The number of carbonyl (C=O) groups excluding carboxylic acids is 1. The van der Waals surface area contributed by atoms with Crippen LogP contribution in [0.2, 0.25) is 0 Å². The number of pyridine rings is 2. The van der Waals surface area contributed by atoms with Crippen LogP contribution < -0.4 is 5.32 Å². The largest absolute Gasteiger partial charge is 0.322 e. The summed E-state index contributed by atoms with van der Waals surface area (Å²) in [7, 11) is 0. The van der Waals surface area contributed by atoms with Gasteiger partial charge in [0.2, 0.25) is 0 Å². The molecule has 1 amide bonds. The molecule has 0 aliphatic carbocycles. The van der Waals surface area contributed by atoms with Gasteiger partial charge in [0, 0.05) is 35.4 Å². The molecule has 1 N–H and O–H groups in total. The number of carbonyl (C=O) groups is 1. The molecule has 0 aliphatic rings. The summed E-state index contributed by atoms with van der Waals surface area (Å²) < 4.78 is 1.91. The Bertz CT molecular complexity index is 1010. The minimum atomic E-state index is -0.180. The number of nitrogens with zero attached hydrogens (tertiary/aromatic N) is 4. The number of amides is 1. The first-order valence-electron chi connectivity index (χ1n) is 7.43. The van der Waals surface area contributed by atoms with Crippen LogP contribution in [0.1, 0.15) is 10.4 Å². The van der Waals surface area contributed by atoms with Crippen LogP contribution in [0.25, 0.3) is 17.0 Å². The molecule has 0 radical (unpaired) electrons. The Morgan fingerprint density at radius 3 is 2.71 bits per heavy atom. The molecule has 116 valence electrons. The summed E-state index contributed by atoms with van der Waals surface area (Å²) in [5.74, 6) is 0.547. The van der Waals surface area contributed by atoms with E-state index in [-0.39, 0.29) is 5.91 Å². The quantitative estimate of drug-likeness (QED) is 0.631. The molecule has 0 aliphatic heterocycles. The van der Waals surface area contributed by atoms with E-state index in [0.717, 1.165) is 17.0 Å². The Labute approximate surface area is 137 Å². The van der Waals surface area contributed by atoms with Gasteiger partial charge in [-0.3, -0.25) is 14.2 Å². The first-order valence-corrected chi connectivity index (χ1v) is 7.43. The van der Waals surface area contributed by atoms with Gasteiger partial charge in [0.05, 0.1) is 0 Å². The molecule has 0 saturated heterocycles. The summed E-state index contributed by atoms with van der Waals surface area (Å²) >= 11 is 0. The Morgan fingerprint density at radius 1 is 0.958 bits per heavy atom. The van der Waals surface area contributed by atoms with Gasteiger partial charge in [-0.25, -0.2) is 0 Å². The number of fused-ring (bicyclic) bond motifs is 1. The smallest absolute Gasteiger partial charge is 0.255 e. The van der Waals surface area contributed by atoms with Gasteiger partial charge in [0.1, 0.15) is 0 Å². The molecule has 24 heavy (non-hydrogen) atoms. The highest BCUT2D eigenvalue weighted by Crippen LogP contribution is 2.22. The van der Waals surface area contributed by atoms with Gasteiger partial charge >= 0.3 is 0 Å². The van der Waals surface area contributed by atoms with Crippen LogP contribution >= 0.6 is 0 Å². The second-order valence-electron chi connectivity index (χ2n) is 5.22. The van der Waals surface area contributed by atoms with Gasteiger partial charge in [-0.05, 0) is 36.4 Å². The van der Waals surface area contributed by atoms with E-state index in [4.69, 9.17) is 0 Å². The van der Waals surface area contributed by atoms with E-state index in [0.29, 0.717) is 11.3 Å². The van der Waals surface area contributed by atoms with Crippen LogP contribution in [0.3, 0.4) is 0 Å². The fourth-order valence-electron chi connectivity index (χ4n) is 2.48. The Balaban J connectivity index is 1.66. The van der Waals surface area contributed by atoms with Crippen molar-refractivity contribution in [2.24, 2.45) is 0 Å². The Morgan fingerprint density at radius 2 is 1.83 bits per heavy atom. The topological polar surface area (TPSA) is 72.2 Å². The molecule has 6 nitrogen and oxygen atoms in total. The van der Waals surface area contributed by atoms with Crippen LogP contribution in [0, 0.1) is 0 Å². The van der Waals surface area contributed by atoms with Crippen LogP contribution in [0.5, 0.6) is 0 Å². The molecule has 3 heterocycles. The minimum absolute atomic E-state index is 0.180. The summed E-state index contributed by atoms with van der Waals surface area (Å²) in [5.41, 5.74) is 2.91. The zero-order chi connectivity index (χ0) is 16.4. The van der Waals surface area contributed by atoms with Crippen molar-refractivity contribution < 1.29 is 4.79 Å². The van der Waals surface area contributed by atoms with E-state index in [2.05, 4.69) is 20.5 Å². The van der Waals surface area contributed by atoms with Crippen molar-refractivity contribution >= 4 is 17.2 Å². The predicted molar refractivity (Wildman–Crippen MR) is 90.6 cm³/mol. The molecule has 0 atom stereocenters. The molecule has 0 bridgehead atoms. The summed E-state index contributed by atoms with van der Waals surface area (Å²) in [5, 5.41) is 11.3. The van der Waals surface area contributed by atoms with Crippen molar-refractivity contribution in [3.05, 3.63) is 78.8 Å². The van der Waals surface area contributed by atoms with Gasteiger partial charge in [-0.15, -0.1) is 10.2 Å². The fraction of sp³-hybridized carbons (Fsp3) is 0. The predicted octanol–water partition coefficient (Wildman–Crippen LogP) is 3.04. The molecular weight excluding hydrogens is 302 g/mol. The van der Waals surface area contributed by atoms with Crippen LogP contribution in [0.4, 0.5) is 5.69 Å². The third-order valence-electron chi connectivity index (χ3n) is 3.63. The van der Waals surface area contributed by atoms with Gasteiger partial charge in [-0.2, -0.15) is 0 Å². The molecule has 0 fully saturated rings. The average Bonchev–Trinajstić information content (AvgIpc) is 3.07. The second kappa shape index (κ2) is 5.92. The lowest BCUT2D eigenvalue weighted by Crippen LogP contribution is -2.11. The highest BCUT2D eigenvalue weighted by molar-refractivity contribution is 6.04. The zero-order valence-corrected chi connectivity index (χ0v) is 12.6. The molecule has 0 unspecified atom stereocenters. The number of nitrogens with one attached hydrogen (secondary N) is 1. The van der Waals surface area contributed by atoms with E-state index in [1.54, 1.807) is 24.5 Å². The number of benzene rings is 1. The highest BCUT2D eigenvalue weighted by atomic mass is 16.1. The fourth-order valence-corrected chi connectivity index (χ4v) is 2.48. The molecule has 6 heteroatoms. The lowest BCUT2D eigenvalue weighted by molar-refractivity contribution is 0.102. The molecule has 0 spiro atoms. The Hall–Kier alpha value is -3.54. The molecule has 4 aromatic rings. The van der Waals surface area contributed by atoms with Crippen LogP contribution in [-0.2, 0) is 0 Å². The lowest BCUT2D eigenvalue weighted by atomic mass is 10.1.